The molecular weight excluding hydrogens is 332 g/mol. The number of sulfonamides is 1. The zero-order valence-electron chi connectivity index (χ0n) is 12.7. The summed E-state index contributed by atoms with van der Waals surface area (Å²) in [6, 6.07) is 11.1. The average molecular weight is 350 g/mol. The summed E-state index contributed by atoms with van der Waals surface area (Å²) >= 11 is 1.18. The highest BCUT2D eigenvalue weighted by Crippen LogP contribution is 2.25. The van der Waals surface area contributed by atoms with Gasteiger partial charge < -0.3 is 4.90 Å². The summed E-state index contributed by atoms with van der Waals surface area (Å²) in [5.41, 5.74) is 2.00. The summed E-state index contributed by atoms with van der Waals surface area (Å²) in [5, 5.41) is 1.73. The van der Waals surface area contributed by atoms with Crippen LogP contribution in [0.5, 0.6) is 0 Å². The van der Waals surface area contributed by atoms with E-state index < -0.39 is 10.0 Å². The molecule has 1 aliphatic rings. The Hall–Kier alpha value is -1.70. The first-order valence-electron chi connectivity index (χ1n) is 7.36. The quantitative estimate of drug-likeness (QED) is 0.900. The molecule has 122 valence electrons. The second kappa shape index (κ2) is 6.43. The third kappa shape index (κ3) is 3.63. The Kier molecular flexibility index (Phi) is 4.52. The Morgan fingerprint density at radius 2 is 2.00 bits per heavy atom. The van der Waals surface area contributed by atoms with Crippen molar-refractivity contribution in [3.8, 4) is 0 Å². The van der Waals surface area contributed by atoms with Crippen molar-refractivity contribution in [1.82, 2.24) is 4.72 Å². The van der Waals surface area contributed by atoms with Crippen molar-refractivity contribution in [2.45, 2.75) is 17.6 Å². The van der Waals surface area contributed by atoms with Crippen LogP contribution >= 0.6 is 11.3 Å². The van der Waals surface area contributed by atoms with E-state index in [0.29, 0.717) is 17.2 Å². The van der Waals surface area contributed by atoms with E-state index in [1.807, 2.05) is 31.2 Å². The van der Waals surface area contributed by atoms with Gasteiger partial charge in [-0.3, -0.25) is 4.79 Å². The van der Waals surface area contributed by atoms with Gasteiger partial charge in [0.05, 0.1) is 0 Å². The van der Waals surface area contributed by atoms with E-state index in [-0.39, 0.29) is 18.4 Å². The van der Waals surface area contributed by atoms with Gasteiger partial charge in [-0.25, -0.2) is 13.1 Å². The molecule has 1 amide bonds. The van der Waals surface area contributed by atoms with E-state index in [1.54, 1.807) is 22.4 Å². The summed E-state index contributed by atoms with van der Waals surface area (Å²) in [5.74, 6) is 0.0210. The smallest absolute Gasteiger partial charge is 0.250 e. The van der Waals surface area contributed by atoms with Crippen molar-refractivity contribution < 1.29 is 13.2 Å². The molecule has 0 aliphatic carbocycles. The maximum Gasteiger partial charge on any atom is 0.250 e. The Bertz CT molecular complexity index is 783. The number of anilines is 1. The summed E-state index contributed by atoms with van der Waals surface area (Å²) in [4.78, 5) is 13.9. The molecule has 0 radical (unpaired) electrons. The first-order chi connectivity index (χ1) is 11.0. The maximum atomic E-state index is 12.2. The standard InChI is InChI=1S/C16H18N2O3S2/c1-12-4-6-14(7-5-12)18-11-13(9-15(18)19)10-17-23(20,21)16-3-2-8-22-16/h2-8,13,17H,9-11H2,1H3/t13-/m0/s1. The lowest BCUT2D eigenvalue weighted by Gasteiger charge is -2.17. The molecule has 1 aromatic carbocycles. The number of rotatable bonds is 5. The largest absolute Gasteiger partial charge is 0.312 e. The van der Waals surface area contributed by atoms with Crippen LogP contribution in [0.1, 0.15) is 12.0 Å². The monoisotopic (exact) mass is 350 g/mol. The van der Waals surface area contributed by atoms with E-state index in [4.69, 9.17) is 0 Å². The van der Waals surface area contributed by atoms with Crippen LogP contribution in [-0.4, -0.2) is 27.4 Å². The molecule has 1 N–H and O–H groups in total. The highest BCUT2D eigenvalue weighted by atomic mass is 32.2. The predicted octanol–water partition coefficient (Wildman–Crippen LogP) is 2.39. The van der Waals surface area contributed by atoms with Crippen LogP contribution in [0.15, 0.2) is 46.0 Å². The molecule has 1 aromatic heterocycles. The molecule has 3 rings (SSSR count). The topological polar surface area (TPSA) is 66.5 Å². The van der Waals surface area contributed by atoms with Crippen LogP contribution < -0.4 is 9.62 Å². The minimum absolute atomic E-state index is 0.0152. The van der Waals surface area contributed by atoms with Crippen LogP contribution in [-0.2, 0) is 14.8 Å². The van der Waals surface area contributed by atoms with Gasteiger partial charge in [0, 0.05) is 25.2 Å². The van der Waals surface area contributed by atoms with Gasteiger partial charge in [0.1, 0.15) is 4.21 Å². The summed E-state index contributed by atoms with van der Waals surface area (Å²) in [6.07, 6.45) is 0.362. The van der Waals surface area contributed by atoms with Crippen LogP contribution in [0.25, 0.3) is 0 Å². The molecule has 0 spiro atoms. The molecular formula is C16H18N2O3S2. The van der Waals surface area contributed by atoms with Gasteiger partial charge in [0.15, 0.2) is 0 Å². The third-order valence-corrected chi connectivity index (χ3v) is 6.69. The Balaban J connectivity index is 1.63. The Labute approximate surface area is 140 Å². The Morgan fingerprint density at radius 1 is 1.26 bits per heavy atom. The number of thiophene rings is 1. The van der Waals surface area contributed by atoms with Crippen molar-refractivity contribution in [1.29, 1.82) is 0 Å². The van der Waals surface area contributed by atoms with E-state index in [2.05, 4.69) is 4.72 Å². The summed E-state index contributed by atoms with van der Waals surface area (Å²) < 4.78 is 27.2. The van der Waals surface area contributed by atoms with Gasteiger partial charge >= 0.3 is 0 Å². The van der Waals surface area contributed by atoms with Gasteiger partial charge in [0.2, 0.25) is 15.9 Å². The van der Waals surface area contributed by atoms with Gasteiger partial charge in [-0.05, 0) is 36.4 Å². The number of carbonyl (C=O) groups excluding carboxylic acids is 1. The summed E-state index contributed by atoms with van der Waals surface area (Å²) in [7, 11) is -3.47. The lowest BCUT2D eigenvalue weighted by atomic mass is 10.1. The number of amides is 1. The fourth-order valence-corrected chi connectivity index (χ4v) is 4.76. The van der Waals surface area contributed by atoms with Crippen molar-refractivity contribution in [2.24, 2.45) is 5.92 Å². The van der Waals surface area contributed by atoms with E-state index >= 15 is 0 Å². The minimum atomic E-state index is -3.47. The SMILES string of the molecule is Cc1ccc(N2C[C@H](CNS(=O)(=O)c3cccs3)CC2=O)cc1. The number of nitrogens with zero attached hydrogens (tertiary/aromatic N) is 1. The number of benzene rings is 1. The molecule has 2 heterocycles. The lowest BCUT2D eigenvalue weighted by molar-refractivity contribution is -0.117. The summed E-state index contributed by atoms with van der Waals surface area (Å²) in [6.45, 7) is 2.81. The van der Waals surface area contributed by atoms with Crippen LogP contribution in [0.4, 0.5) is 5.69 Å². The van der Waals surface area contributed by atoms with Crippen LogP contribution in [0.2, 0.25) is 0 Å². The van der Waals surface area contributed by atoms with E-state index in [9.17, 15) is 13.2 Å². The number of carbonyl (C=O) groups is 1. The molecule has 7 heteroatoms. The third-order valence-electron chi connectivity index (χ3n) is 3.87. The highest BCUT2D eigenvalue weighted by Gasteiger charge is 2.31. The van der Waals surface area contributed by atoms with Crippen molar-refractivity contribution in [3.05, 3.63) is 47.3 Å². The van der Waals surface area contributed by atoms with Crippen LogP contribution in [0.3, 0.4) is 0 Å². The maximum absolute atomic E-state index is 12.2. The molecule has 23 heavy (non-hydrogen) atoms. The number of hydrogen-bond acceptors (Lipinski definition) is 4. The average Bonchev–Trinajstić information content (AvgIpc) is 3.16. The fraction of sp³-hybridized carbons (Fsp3) is 0.312. The van der Waals surface area contributed by atoms with Crippen molar-refractivity contribution >= 4 is 33.0 Å². The number of hydrogen-bond donors (Lipinski definition) is 1. The molecule has 0 unspecified atom stereocenters. The van der Waals surface area contributed by atoms with E-state index in [0.717, 1.165) is 11.3 Å². The van der Waals surface area contributed by atoms with E-state index in [1.165, 1.54) is 11.3 Å². The number of nitrogens with one attached hydrogen (secondary N) is 1. The second-order valence-corrected chi connectivity index (χ2v) is 8.64. The first-order valence-corrected chi connectivity index (χ1v) is 9.72. The van der Waals surface area contributed by atoms with Crippen molar-refractivity contribution in [2.75, 3.05) is 18.0 Å². The number of aryl methyl sites for hydroxylation is 1. The highest BCUT2D eigenvalue weighted by molar-refractivity contribution is 7.91. The van der Waals surface area contributed by atoms with Gasteiger partial charge in [0.25, 0.3) is 0 Å². The molecule has 1 aliphatic heterocycles. The van der Waals surface area contributed by atoms with Gasteiger partial charge in [-0.2, -0.15) is 0 Å². The zero-order valence-corrected chi connectivity index (χ0v) is 14.4. The van der Waals surface area contributed by atoms with Gasteiger partial charge in [-0.1, -0.05) is 23.8 Å². The zero-order chi connectivity index (χ0) is 16.4. The molecule has 1 fully saturated rings. The molecule has 0 saturated carbocycles. The molecule has 2 aromatic rings. The molecule has 1 saturated heterocycles. The first kappa shape index (κ1) is 16.2. The molecule has 0 bridgehead atoms. The second-order valence-electron chi connectivity index (χ2n) is 5.69. The fourth-order valence-electron chi connectivity index (χ4n) is 2.61. The van der Waals surface area contributed by atoms with Gasteiger partial charge in [-0.15, -0.1) is 11.3 Å². The molecule has 1 atom stereocenters. The van der Waals surface area contributed by atoms with Crippen LogP contribution in [0, 0.1) is 12.8 Å². The normalized spacial score (nSPS) is 18.6. The molecule has 5 nitrogen and oxygen atoms in total. The minimum Gasteiger partial charge on any atom is -0.312 e. The Morgan fingerprint density at radius 3 is 2.65 bits per heavy atom. The lowest BCUT2D eigenvalue weighted by Crippen LogP contribution is -2.31. The predicted molar refractivity (Wildman–Crippen MR) is 91.1 cm³/mol. The van der Waals surface area contributed by atoms with Crippen molar-refractivity contribution in [3.63, 3.8) is 0 Å².